The highest BCUT2D eigenvalue weighted by Gasteiger charge is 2.51. The number of hydrogen-bond acceptors (Lipinski definition) is 0. The van der Waals surface area contributed by atoms with Crippen molar-refractivity contribution in [2.45, 2.75) is 6.92 Å². The van der Waals surface area contributed by atoms with Crippen molar-refractivity contribution in [1.29, 1.82) is 0 Å². The molecule has 3 heteroatoms. The number of halogens is 1. The van der Waals surface area contributed by atoms with Crippen LogP contribution in [0.1, 0.15) is 6.92 Å². The van der Waals surface area contributed by atoms with Crippen molar-refractivity contribution in [2.75, 3.05) is 6.16 Å². The monoisotopic (exact) mass is 357 g/mol. The molecule has 0 saturated heterocycles. The van der Waals surface area contributed by atoms with E-state index in [2.05, 4.69) is 97.9 Å². The lowest BCUT2D eigenvalue weighted by atomic mass is 10.4. The lowest BCUT2D eigenvalue weighted by molar-refractivity contribution is 1.53. The number of benzene rings is 3. The van der Waals surface area contributed by atoms with Gasteiger partial charge >= 0.3 is 0 Å². The van der Waals surface area contributed by atoms with Gasteiger partial charge in [0.1, 0.15) is 22.9 Å². The van der Waals surface area contributed by atoms with Crippen molar-refractivity contribution in [3.8, 4) is 0 Å². The van der Waals surface area contributed by atoms with E-state index in [1.54, 1.807) is 0 Å². The van der Waals surface area contributed by atoms with Gasteiger partial charge in [-0.2, -0.15) is 0 Å². The molecule has 0 spiro atoms. The third-order valence-electron chi connectivity index (χ3n) is 3.98. The van der Waals surface area contributed by atoms with Crippen LogP contribution in [0.15, 0.2) is 91.0 Å². The minimum absolute atomic E-state index is 0.672. The zero-order valence-electron chi connectivity index (χ0n) is 13.1. The van der Waals surface area contributed by atoms with Crippen molar-refractivity contribution in [2.24, 2.45) is 0 Å². The molecule has 0 saturated carbocycles. The van der Waals surface area contributed by atoms with Crippen LogP contribution in [0.4, 0.5) is 0 Å². The Kier molecular flexibility index (Phi) is 5.50. The Morgan fingerprint density at radius 1 is 0.652 bits per heavy atom. The average molecular weight is 358 g/mol. The number of hydrogen-bond donors (Lipinski definition) is 0. The highest BCUT2D eigenvalue weighted by molar-refractivity contribution is 8.55. The van der Waals surface area contributed by atoms with Gasteiger partial charge in [0.25, 0.3) is 0 Å². The maximum Gasteiger partial charge on any atom is 0.166 e. The van der Waals surface area contributed by atoms with Crippen molar-refractivity contribution in [1.82, 2.24) is 0 Å². The summed E-state index contributed by atoms with van der Waals surface area (Å²) in [5, 5.41) is 4.13. The fourth-order valence-electron chi connectivity index (χ4n) is 2.97. The molecule has 0 aromatic heterocycles. The van der Waals surface area contributed by atoms with Gasteiger partial charge in [0.2, 0.25) is 0 Å². The van der Waals surface area contributed by atoms with Gasteiger partial charge < -0.3 is 0 Å². The third-order valence-corrected chi connectivity index (χ3v) is 15.9. The highest BCUT2D eigenvalue weighted by atomic mass is 35.7. The van der Waals surface area contributed by atoms with Gasteiger partial charge in [0, 0.05) is 6.16 Å². The van der Waals surface area contributed by atoms with Crippen LogP contribution in [0.3, 0.4) is 0 Å². The van der Waals surface area contributed by atoms with E-state index in [4.69, 9.17) is 11.2 Å². The second kappa shape index (κ2) is 7.59. The zero-order chi connectivity index (χ0) is 16.1. The van der Waals surface area contributed by atoms with Gasteiger partial charge in [-0.25, -0.2) is 0 Å². The van der Waals surface area contributed by atoms with Crippen LogP contribution in [0.5, 0.6) is 0 Å². The molecular formula is C20H20ClP2+. The zero-order valence-corrected chi connectivity index (χ0v) is 15.7. The maximum absolute atomic E-state index is 7.11. The molecule has 0 bridgehead atoms. The van der Waals surface area contributed by atoms with Crippen LogP contribution in [0, 0.1) is 0 Å². The molecule has 3 rings (SSSR count). The lowest BCUT2D eigenvalue weighted by Crippen LogP contribution is -2.29. The van der Waals surface area contributed by atoms with E-state index in [9.17, 15) is 0 Å². The number of rotatable bonds is 5. The summed E-state index contributed by atoms with van der Waals surface area (Å²) >= 11 is 7.11. The second-order valence-electron chi connectivity index (χ2n) is 5.29. The predicted octanol–water partition coefficient (Wildman–Crippen LogP) is 5.55. The van der Waals surface area contributed by atoms with Crippen molar-refractivity contribution < 1.29 is 0 Å². The van der Waals surface area contributed by atoms with Crippen LogP contribution in [0.25, 0.3) is 0 Å². The molecule has 3 aromatic rings. The standard InChI is InChI=1S/C20H20ClP2/c1-2-22(21)23(18-12-6-3-7-13-18,19-14-8-4-9-15-19)20-16-10-5-11-17-20/h3-17H,2H2,1H3/q+1. The molecule has 0 fully saturated rings. The summed E-state index contributed by atoms with van der Waals surface area (Å²) in [6.07, 6.45) is 1.00. The van der Waals surface area contributed by atoms with Crippen molar-refractivity contribution >= 4 is 41.1 Å². The molecular weight excluding hydrogens is 338 g/mol. The maximum atomic E-state index is 7.11. The summed E-state index contributed by atoms with van der Waals surface area (Å²) in [5.41, 5.74) is 0. The summed E-state index contributed by atoms with van der Waals surface area (Å²) in [4.78, 5) is 0. The minimum Gasteiger partial charge on any atom is -0.0620 e. The molecule has 116 valence electrons. The first-order chi connectivity index (χ1) is 11.3. The fourth-order valence-corrected chi connectivity index (χ4v) is 13.9. The van der Waals surface area contributed by atoms with Crippen molar-refractivity contribution in [3.63, 3.8) is 0 Å². The summed E-state index contributed by atoms with van der Waals surface area (Å²) in [6, 6.07) is 32.5. The Morgan fingerprint density at radius 3 is 1.22 bits per heavy atom. The van der Waals surface area contributed by atoms with Crippen molar-refractivity contribution in [3.05, 3.63) is 91.0 Å². The first-order valence-corrected chi connectivity index (χ1v) is 12.7. The summed E-state index contributed by atoms with van der Waals surface area (Å²) < 4.78 is 0. The quantitative estimate of drug-likeness (QED) is 0.525. The van der Waals surface area contributed by atoms with E-state index in [1.165, 1.54) is 15.9 Å². The molecule has 1 unspecified atom stereocenters. The van der Waals surface area contributed by atoms with E-state index in [0.29, 0.717) is 0 Å². The molecule has 0 nitrogen and oxygen atoms in total. The first-order valence-electron chi connectivity index (χ1n) is 7.80. The van der Waals surface area contributed by atoms with Gasteiger partial charge in [0.05, 0.1) is 0 Å². The predicted molar refractivity (Wildman–Crippen MR) is 108 cm³/mol. The summed E-state index contributed by atoms with van der Waals surface area (Å²) in [5.74, 6) is 0. The van der Waals surface area contributed by atoms with Gasteiger partial charge in [-0.15, -0.1) is 0 Å². The van der Waals surface area contributed by atoms with E-state index in [1.807, 2.05) is 0 Å². The van der Waals surface area contributed by atoms with Crippen LogP contribution >= 0.6 is 25.2 Å². The smallest absolute Gasteiger partial charge is 0.0620 e. The topological polar surface area (TPSA) is 0 Å². The Hall–Kier alpha value is -1.19. The second-order valence-corrected chi connectivity index (χ2v) is 14.6. The molecule has 0 heterocycles. The van der Waals surface area contributed by atoms with Gasteiger partial charge in [-0.3, -0.25) is 0 Å². The third kappa shape index (κ3) is 3.09. The molecule has 0 N–H and O–H groups in total. The van der Waals surface area contributed by atoms with Gasteiger partial charge in [-0.1, -0.05) is 61.5 Å². The lowest BCUT2D eigenvalue weighted by Gasteiger charge is -2.30. The largest absolute Gasteiger partial charge is 0.166 e. The molecule has 3 aromatic carbocycles. The van der Waals surface area contributed by atoms with Gasteiger partial charge in [-0.05, 0) is 47.6 Å². The summed E-state index contributed by atoms with van der Waals surface area (Å²) in [7, 11) is 0. The van der Waals surface area contributed by atoms with Gasteiger partial charge in [0.15, 0.2) is 6.96 Å². The Labute approximate surface area is 145 Å². The molecule has 1 atom stereocenters. The Bertz CT molecular complexity index is 633. The van der Waals surface area contributed by atoms with E-state index < -0.39 is 13.9 Å². The minimum atomic E-state index is -1.81. The molecule has 0 aliphatic rings. The summed E-state index contributed by atoms with van der Waals surface area (Å²) in [6.45, 7) is -0.275. The first kappa shape index (κ1) is 16.7. The molecule has 23 heavy (non-hydrogen) atoms. The van der Waals surface area contributed by atoms with E-state index in [-0.39, 0.29) is 0 Å². The van der Waals surface area contributed by atoms with E-state index in [0.717, 1.165) is 6.16 Å². The molecule has 0 radical (unpaired) electrons. The van der Waals surface area contributed by atoms with Crippen LogP contribution < -0.4 is 15.9 Å². The van der Waals surface area contributed by atoms with Crippen LogP contribution in [0.2, 0.25) is 0 Å². The highest BCUT2D eigenvalue weighted by Crippen LogP contribution is 2.83. The molecule has 0 amide bonds. The Balaban J connectivity index is 2.35. The SMILES string of the molecule is CCP(Cl)[P+](c1ccccc1)(c1ccccc1)c1ccccc1. The molecule has 0 aliphatic heterocycles. The fraction of sp³-hybridized carbons (Fsp3) is 0.100. The van der Waals surface area contributed by atoms with E-state index >= 15 is 0 Å². The van der Waals surface area contributed by atoms with Crippen LogP contribution in [-0.2, 0) is 0 Å². The Morgan fingerprint density at radius 2 is 0.957 bits per heavy atom. The normalized spacial score (nSPS) is 12.8. The van der Waals surface area contributed by atoms with Crippen LogP contribution in [-0.4, -0.2) is 6.16 Å². The molecule has 0 aliphatic carbocycles. The average Bonchev–Trinajstić information content (AvgIpc) is 2.65.